The molecule has 4 nitrogen and oxygen atoms in total. The van der Waals surface area contributed by atoms with Gasteiger partial charge in [0, 0.05) is 13.7 Å². The molecular formula is C23H48O4S. The molecule has 0 spiro atoms. The predicted octanol–water partition coefficient (Wildman–Crippen LogP) is 7.24. The van der Waals surface area contributed by atoms with Crippen LogP contribution in [0.3, 0.4) is 0 Å². The monoisotopic (exact) mass is 420 g/mol. The molecule has 0 rings (SSSR count). The lowest BCUT2D eigenvalue weighted by molar-refractivity contribution is -0.0240. The van der Waals surface area contributed by atoms with Gasteiger partial charge in [-0.2, -0.15) is 0 Å². The fourth-order valence-electron chi connectivity index (χ4n) is 3.53. The van der Waals surface area contributed by atoms with Crippen LogP contribution in [0.25, 0.3) is 0 Å². The lowest BCUT2D eigenvalue weighted by Gasteiger charge is -2.26. The smallest absolute Gasteiger partial charge is 0.190 e. The zero-order valence-corrected chi connectivity index (χ0v) is 19.8. The summed E-state index contributed by atoms with van der Waals surface area (Å²) in [7, 11) is 1.47. The van der Waals surface area contributed by atoms with E-state index in [1.54, 1.807) is 0 Å². The van der Waals surface area contributed by atoms with Crippen LogP contribution < -0.4 is 0 Å². The van der Waals surface area contributed by atoms with E-state index in [-0.39, 0.29) is 6.61 Å². The fraction of sp³-hybridized carbons (Fsp3) is 1.00. The van der Waals surface area contributed by atoms with Crippen LogP contribution >= 0.6 is 0 Å². The fourth-order valence-corrected chi connectivity index (χ4v) is 4.10. The summed E-state index contributed by atoms with van der Waals surface area (Å²) in [6.07, 6.45) is 22.1. The van der Waals surface area contributed by atoms with E-state index >= 15 is 0 Å². The molecule has 170 valence electrons. The summed E-state index contributed by atoms with van der Waals surface area (Å²) in [6, 6.07) is 0. The molecule has 0 heterocycles. The third-order valence-corrected chi connectivity index (χ3v) is 6.90. The lowest BCUT2D eigenvalue weighted by Crippen LogP contribution is -2.40. The molecule has 2 atom stereocenters. The molecule has 0 saturated heterocycles. The number of hydrogen-bond donors (Lipinski definition) is 1. The minimum atomic E-state index is -2.03. The van der Waals surface area contributed by atoms with Gasteiger partial charge in [0.05, 0.1) is 6.61 Å². The Bertz CT molecular complexity index is 345. The summed E-state index contributed by atoms with van der Waals surface area (Å²) in [5.74, 6) is 0. The molecule has 28 heavy (non-hydrogen) atoms. The van der Waals surface area contributed by atoms with Crippen molar-refractivity contribution in [3.8, 4) is 0 Å². The molecule has 0 aromatic rings. The topological polar surface area (TPSA) is 55.8 Å². The summed E-state index contributed by atoms with van der Waals surface area (Å²) >= 11 is -2.03. The SMILES string of the molecule is CCCCCCCCCCCCCCCCCCOCC(CC)(OC)S(=O)O. The molecule has 2 unspecified atom stereocenters. The molecule has 0 aliphatic rings. The van der Waals surface area contributed by atoms with Crippen molar-refractivity contribution in [1.29, 1.82) is 0 Å². The van der Waals surface area contributed by atoms with Crippen LogP contribution in [0.4, 0.5) is 0 Å². The second kappa shape index (κ2) is 20.3. The van der Waals surface area contributed by atoms with Crippen molar-refractivity contribution in [2.24, 2.45) is 0 Å². The molecular weight excluding hydrogens is 372 g/mol. The van der Waals surface area contributed by atoms with Crippen molar-refractivity contribution in [2.75, 3.05) is 20.3 Å². The first-order chi connectivity index (χ1) is 13.6. The Morgan fingerprint density at radius 2 is 1.11 bits per heavy atom. The highest BCUT2D eigenvalue weighted by Gasteiger charge is 2.35. The van der Waals surface area contributed by atoms with E-state index in [4.69, 9.17) is 9.47 Å². The van der Waals surface area contributed by atoms with Crippen molar-refractivity contribution in [3.05, 3.63) is 0 Å². The molecule has 5 heteroatoms. The molecule has 0 radical (unpaired) electrons. The average Bonchev–Trinajstić information content (AvgIpc) is 2.70. The van der Waals surface area contributed by atoms with Crippen LogP contribution in [0.1, 0.15) is 123 Å². The lowest BCUT2D eigenvalue weighted by atomic mass is 10.0. The highest BCUT2D eigenvalue weighted by Crippen LogP contribution is 2.19. The quantitative estimate of drug-likeness (QED) is 0.148. The van der Waals surface area contributed by atoms with E-state index < -0.39 is 16.0 Å². The van der Waals surface area contributed by atoms with E-state index in [1.165, 1.54) is 103 Å². The molecule has 0 aromatic heterocycles. The maximum absolute atomic E-state index is 11.4. The third kappa shape index (κ3) is 14.9. The number of ether oxygens (including phenoxy) is 2. The number of methoxy groups -OCH3 is 1. The largest absolute Gasteiger partial charge is 0.377 e. The second-order valence-electron chi connectivity index (χ2n) is 8.07. The Balaban J connectivity index is 3.29. The Hall–Kier alpha value is 0.0300. The Morgan fingerprint density at radius 3 is 1.43 bits per heavy atom. The minimum absolute atomic E-state index is 0.182. The Kier molecular flexibility index (Phi) is 20.3. The van der Waals surface area contributed by atoms with Gasteiger partial charge in [0.2, 0.25) is 0 Å². The van der Waals surface area contributed by atoms with Crippen molar-refractivity contribution in [1.82, 2.24) is 0 Å². The molecule has 0 bridgehead atoms. The van der Waals surface area contributed by atoms with Crippen molar-refractivity contribution in [3.63, 3.8) is 0 Å². The van der Waals surface area contributed by atoms with Gasteiger partial charge in [-0.15, -0.1) is 0 Å². The minimum Gasteiger partial charge on any atom is -0.377 e. The summed E-state index contributed by atoms with van der Waals surface area (Å²) < 4.78 is 31.6. The van der Waals surface area contributed by atoms with E-state index in [1.807, 2.05) is 6.92 Å². The zero-order chi connectivity index (χ0) is 20.9. The van der Waals surface area contributed by atoms with Gasteiger partial charge >= 0.3 is 0 Å². The first kappa shape index (κ1) is 28.0. The number of hydrogen-bond acceptors (Lipinski definition) is 3. The molecule has 0 aliphatic carbocycles. The van der Waals surface area contributed by atoms with Gasteiger partial charge in [-0.3, -0.25) is 0 Å². The molecule has 0 amide bonds. The highest BCUT2D eigenvalue weighted by molar-refractivity contribution is 7.80. The van der Waals surface area contributed by atoms with Crippen LogP contribution in [-0.2, 0) is 20.6 Å². The standard InChI is InChI=1S/C23H48O4S/c1-4-6-7-8-9-10-11-12-13-14-15-16-17-18-19-20-21-27-22-23(5-2,26-3)28(24)25/h4-22H2,1-3H3,(H,24,25). The molecule has 0 aromatic carbocycles. The normalized spacial score (nSPS) is 14.9. The summed E-state index contributed by atoms with van der Waals surface area (Å²) in [5.41, 5.74) is 0. The van der Waals surface area contributed by atoms with Crippen LogP contribution in [-0.4, -0.2) is 34.0 Å². The summed E-state index contributed by atoms with van der Waals surface area (Å²) in [5, 5.41) is 0. The van der Waals surface area contributed by atoms with E-state index in [0.29, 0.717) is 13.0 Å². The maximum atomic E-state index is 11.4. The van der Waals surface area contributed by atoms with Crippen LogP contribution in [0.5, 0.6) is 0 Å². The maximum Gasteiger partial charge on any atom is 0.190 e. The Labute approximate surface area is 177 Å². The molecule has 1 N–H and O–H groups in total. The first-order valence-corrected chi connectivity index (χ1v) is 13.0. The molecule has 0 fully saturated rings. The van der Waals surface area contributed by atoms with Gasteiger partial charge in [0.1, 0.15) is 0 Å². The van der Waals surface area contributed by atoms with Crippen molar-refractivity contribution in [2.45, 2.75) is 128 Å². The first-order valence-electron chi connectivity index (χ1n) is 11.9. The van der Waals surface area contributed by atoms with Crippen LogP contribution in [0.15, 0.2) is 0 Å². The Morgan fingerprint density at radius 1 is 0.714 bits per heavy atom. The average molecular weight is 421 g/mol. The van der Waals surface area contributed by atoms with Gasteiger partial charge < -0.3 is 14.0 Å². The van der Waals surface area contributed by atoms with Gasteiger partial charge in [-0.1, -0.05) is 110 Å². The van der Waals surface area contributed by atoms with Crippen molar-refractivity contribution >= 4 is 11.1 Å². The van der Waals surface area contributed by atoms with E-state index in [0.717, 1.165) is 6.42 Å². The van der Waals surface area contributed by atoms with Gasteiger partial charge in [0.25, 0.3) is 0 Å². The second-order valence-corrected chi connectivity index (χ2v) is 9.32. The van der Waals surface area contributed by atoms with Crippen molar-refractivity contribution < 1.29 is 18.2 Å². The molecule has 0 aliphatic heterocycles. The number of unbranched alkanes of at least 4 members (excludes halogenated alkanes) is 15. The van der Waals surface area contributed by atoms with Crippen LogP contribution in [0.2, 0.25) is 0 Å². The van der Waals surface area contributed by atoms with Gasteiger partial charge in [-0.25, -0.2) is 4.21 Å². The zero-order valence-electron chi connectivity index (χ0n) is 19.0. The van der Waals surface area contributed by atoms with Gasteiger partial charge in [-0.05, 0) is 12.8 Å². The summed E-state index contributed by atoms with van der Waals surface area (Å²) in [6.45, 7) is 4.94. The number of rotatable bonds is 22. The summed E-state index contributed by atoms with van der Waals surface area (Å²) in [4.78, 5) is -1.07. The molecule has 0 saturated carbocycles. The van der Waals surface area contributed by atoms with E-state index in [2.05, 4.69) is 6.92 Å². The third-order valence-electron chi connectivity index (χ3n) is 5.69. The van der Waals surface area contributed by atoms with Crippen LogP contribution in [0, 0.1) is 0 Å². The van der Waals surface area contributed by atoms with Gasteiger partial charge in [0.15, 0.2) is 16.0 Å². The van der Waals surface area contributed by atoms with E-state index in [9.17, 15) is 8.76 Å². The predicted molar refractivity (Wildman–Crippen MR) is 121 cm³/mol. The highest BCUT2D eigenvalue weighted by atomic mass is 32.2.